The minimum absolute atomic E-state index is 0.446. The third kappa shape index (κ3) is 6.76. The molecule has 1 saturated carbocycles. The van der Waals surface area contributed by atoms with E-state index in [-0.39, 0.29) is 0 Å². The van der Waals surface area contributed by atoms with Gasteiger partial charge in [0.25, 0.3) is 5.92 Å². The summed E-state index contributed by atoms with van der Waals surface area (Å²) in [5, 5.41) is 0. The van der Waals surface area contributed by atoms with Crippen molar-refractivity contribution < 1.29 is 23.0 Å². The molecule has 0 saturated heterocycles. The number of rotatable bonds is 13. The first-order chi connectivity index (χ1) is 17.9. The van der Waals surface area contributed by atoms with Gasteiger partial charge in [-0.3, -0.25) is 4.79 Å². The zero-order valence-corrected chi connectivity index (χ0v) is 21.7. The molecule has 1 aliphatic rings. The first-order valence-electron chi connectivity index (χ1n) is 13.4. The highest BCUT2D eigenvalue weighted by molar-refractivity contribution is 5.80. The SMILES string of the molecule is CCCCCCCCOc1ccc(-c2ccc([C@H]3[C@H](C(=O)O[C@@H](C)c4ccccc4)C3(F)F)cc2)cc1. The molecule has 3 atom stereocenters. The molecule has 4 rings (SSSR count). The summed E-state index contributed by atoms with van der Waals surface area (Å²) in [6, 6.07) is 24.0. The second-order valence-electron chi connectivity index (χ2n) is 9.88. The highest BCUT2D eigenvalue weighted by Crippen LogP contribution is 2.62. The van der Waals surface area contributed by atoms with Gasteiger partial charge < -0.3 is 9.47 Å². The predicted octanol–water partition coefficient (Wildman–Crippen LogP) is 8.75. The van der Waals surface area contributed by atoms with Crippen molar-refractivity contribution in [1.82, 2.24) is 0 Å². The number of unbranched alkanes of at least 4 members (excludes halogenated alkanes) is 5. The summed E-state index contributed by atoms with van der Waals surface area (Å²) in [6.07, 6.45) is 6.77. The summed E-state index contributed by atoms with van der Waals surface area (Å²) < 4.78 is 40.4. The van der Waals surface area contributed by atoms with Crippen molar-refractivity contribution in [3.05, 3.63) is 90.0 Å². The lowest BCUT2D eigenvalue weighted by atomic mass is 10.0. The van der Waals surface area contributed by atoms with Crippen LogP contribution in [0.25, 0.3) is 11.1 Å². The molecular formula is C32H36F2O3. The zero-order valence-electron chi connectivity index (χ0n) is 21.7. The van der Waals surface area contributed by atoms with E-state index in [2.05, 4.69) is 6.92 Å². The van der Waals surface area contributed by atoms with Crippen molar-refractivity contribution in [2.75, 3.05) is 6.61 Å². The largest absolute Gasteiger partial charge is 0.494 e. The number of alkyl halides is 2. The predicted molar refractivity (Wildman–Crippen MR) is 143 cm³/mol. The molecule has 1 aliphatic carbocycles. The molecule has 0 heterocycles. The van der Waals surface area contributed by atoms with Crippen LogP contribution in [0.15, 0.2) is 78.9 Å². The first kappa shape index (κ1) is 26.8. The van der Waals surface area contributed by atoms with Gasteiger partial charge in [0.15, 0.2) is 0 Å². The Morgan fingerprint density at radius 3 is 2.08 bits per heavy atom. The van der Waals surface area contributed by atoms with Crippen LogP contribution in [0.4, 0.5) is 8.78 Å². The molecule has 0 N–H and O–H groups in total. The smallest absolute Gasteiger partial charge is 0.316 e. The van der Waals surface area contributed by atoms with Crippen LogP contribution in [0.5, 0.6) is 5.75 Å². The second-order valence-corrected chi connectivity index (χ2v) is 9.88. The molecule has 3 aromatic carbocycles. The van der Waals surface area contributed by atoms with Crippen molar-refractivity contribution in [3.8, 4) is 16.9 Å². The summed E-state index contributed by atoms with van der Waals surface area (Å²) in [5.41, 5.74) is 3.13. The van der Waals surface area contributed by atoms with Crippen LogP contribution < -0.4 is 4.74 Å². The fraction of sp³-hybridized carbons (Fsp3) is 0.406. The minimum Gasteiger partial charge on any atom is -0.494 e. The van der Waals surface area contributed by atoms with E-state index in [1.807, 2.05) is 66.7 Å². The molecule has 3 aromatic rings. The minimum atomic E-state index is -3.11. The van der Waals surface area contributed by atoms with Crippen molar-refractivity contribution >= 4 is 5.97 Å². The van der Waals surface area contributed by atoms with E-state index in [9.17, 15) is 13.6 Å². The molecule has 0 unspecified atom stereocenters. The monoisotopic (exact) mass is 506 g/mol. The third-order valence-corrected chi connectivity index (χ3v) is 7.09. The Labute approximate surface area is 218 Å². The van der Waals surface area contributed by atoms with Crippen LogP contribution in [0, 0.1) is 5.92 Å². The van der Waals surface area contributed by atoms with E-state index in [0.29, 0.717) is 12.2 Å². The first-order valence-corrected chi connectivity index (χ1v) is 13.4. The Kier molecular flexibility index (Phi) is 8.96. The number of carbonyl (C=O) groups excluding carboxylic acids is 1. The summed E-state index contributed by atoms with van der Waals surface area (Å²) in [5.74, 6) is -5.74. The zero-order chi connectivity index (χ0) is 26.3. The van der Waals surface area contributed by atoms with Gasteiger partial charge in [-0.15, -0.1) is 0 Å². The Balaban J connectivity index is 1.30. The number of esters is 1. The Hall–Kier alpha value is -3.21. The van der Waals surface area contributed by atoms with E-state index in [1.165, 1.54) is 32.1 Å². The molecule has 1 fully saturated rings. The molecule has 0 spiro atoms. The van der Waals surface area contributed by atoms with Crippen LogP contribution in [0.2, 0.25) is 0 Å². The van der Waals surface area contributed by atoms with Crippen LogP contribution in [0.3, 0.4) is 0 Å². The molecule has 37 heavy (non-hydrogen) atoms. The second kappa shape index (κ2) is 12.4. The van der Waals surface area contributed by atoms with Crippen molar-refractivity contribution in [3.63, 3.8) is 0 Å². The Morgan fingerprint density at radius 1 is 0.838 bits per heavy atom. The van der Waals surface area contributed by atoms with Gasteiger partial charge in [-0.2, -0.15) is 0 Å². The van der Waals surface area contributed by atoms with Gasteiger partial charge in [-0.05, 0) is 47.7 Å². The third-order valence-electron chi connectivity index (χ3n) is 7.09. The van der Waals surface area contributed by atoms with Gasteiger partial charge in [0.2, 0.25) is 0 Å². The molecule has 0 bridgehead atoms. The van der Waals surface area contributed by atoms with Gasteiger partial charge in [-0.1, -0.05) is 106 Å². The molecule has 0 radical (unpaired) electrons. The Morgan fingerprint density at radius 2 is 1.43 bits per heavy atom. The maximum Gasteiger partial charge on any atom is 0.316 e. The number of halogens is 2. The van der Waals surface area contributed by atoms with E-state index in [1.54, 1.807) is 19.1 Å². The van der Waals surface area contributed by atoms with E-state index in [0.717, 1.165) is 28.9 Å². The molecule has 3 nitrogen and oxygen atoms in total. The number of carbonyl (C=O) groups is 1. The lowest BCUT2D eigenvalue weighted by molar-refractivity contribution is -0.152. The van der Waals surface area contributed by atoms with Crippen LogP contribution >= 0.6 is 0 Å². The van der Waals surface area contributed by atoms with Crippen LogP contribution in [0.1, 0.15) is 75.5 Å². The number of ether oxygens (including phenoxy) is 2. The average Bonchev–Trinajstić information content (AvgIpc) is 3.51. The van der Waals surface area contributed by atoms with Gasteiger partial charge in [0.1, 0.15) is 17.8 Å². The fourth-order valence-electron chi connectivity index (χ4n) is 4.77. The fourth-order valence-corrected chi connectivity index (χ4v) is 4.77. The lowest BCUT2D eigenvalue weighted by Crippen LogP contribution is -2.14. The van der Waals surface area contributed by atoms with Gasteiger partial charge in [0, 0.05) is 0 Å². The van der Waals surface area contributed by atoms with Crippen LogP contribution in [-0.2, 0) is 9.53 Å². The summed E-state index contributed by atoms with van der Waals surface area (Å²) in [4.78, 5) is 12.5. The average molecular weight is 507 g/mol. The molecule has 5 heteroatoms. The van der Waals surface area contributed by atoms with E-state index < -0.39 is 29.8 Å². The van der Waals surface area contributed by atoms with Crippen molar-refractivity contribution in [1.29, 1.82) is 0 Å². The van der Waals surface area contributed by atoms with E-state index in [4.69, 9.17) is 9.47 Å². The maximum absolute atomic E-state index is 14.6. The molecular weight excluding hydrogens is 470 g/mol. The normalized spacial score (nSPS) is 18.7. The lowest BCUT2D eigenvalue weighted by Gasteiger charge is -2.13. The number of hydrogen-bond acceptors (Lipinski definition) is 3. The molecule has 0 amide bonds. The number of hydrogen-bond donors (Lipinski definition) is 0. The van der Waals surface area contributed by atoms with Crippen LogP contribution in [-0.4, -0.2) is 18.5 Å². The Bertz CT molecular complexity index is 1130. The topological polar surface area (TPSA) is 35.5 Å². The van der Waals surface area contributed by atoms with Crippen molar-refractivity contribution in [2.24, 2.45) is 5.92 Å². The quantitative estimate of drug-likeness (QED) is 0.172. The highest BCUT2D eigenvalue weighted by atomic mass is 19.3. The van der Waals surface area contributed by atoms with Gasteiger partial charge in [0.05, 0.1) is 12.5 Å². The van der Waals surface area contributed by atoms with E-state index >= 15 is 0 Å². The number of benzene rings is 3. The van der Waals surface area contributed by atoms with Gasteiger partial charge in [-0.25, -0.2) is 8.78 Å². The summed E-state index contributed by atoms with van der Waals surface area (Å²) in [6.45, 7) is 4.63. The summed E-state index contributed by atoms with van der Waals surface area (Å²) >= 11 is 0. The maximum atomic E-state index is 14.6. The molecule has 196 valence electrons. The molecule has 0 aromatic heterocycles. The van der Waals surface area contributed by atoms with Crippen molar-refractivity contribution in [2.45, 2.75) is 70.3 Å². The standard InChI is InChI=1S/C32H36F2O3/c1-3-4-5-6-7-11-22-36-28-20-18-26(19-21-28)25-14-16-27(17-15-25)29-30(32(29,33)34)31(35)37-23(2)24-12-9-8-10-13-24/h8-10,12-21,23,29-30H,3-7,11,22H2,1-2H3/t23-,29-,30+/m0/s1. The summed E-state index contributed by atoms with van der Waals surface area (Å²) in [7, 11) is 0. The highest BCUT2D eigenvalue weighted by Gasteiger charge is 2.73. The van der Waals surface area contributed by atoms with Gasteiger partial charge >= 0.3 is 5.97 Å². The molecule has 0 aliphatic heterocycles.